The summed E-state index contributed by atoms with van der Waals surface area (Å²) in [6.45, 7) is 12.9. The van der Waals surface area contributed by atoms with Crippen molar-refractivity contribution in [3.05, 3.63) is 47.5 Å². The van der Waals surface area contributed by atoms with Crippen molar-refractivity contribution in [3.63, 3.8) is 0 Å². The van der Waals surface area contributed by atoms with E-state index in [9.17, 15) is 5.11 Å². The monoisotopic (exact) mass is 325 g/mol. The number of rotatable bonds is 1. The molecule has 0 aliphatic carbocycles. The van der Waals surface area contributed by atoms with Gasteiger partial charge in [0.2, 0.25) is 0 Å². The number of nitrogens with zero attached hydrogens (tertiary/aromatic N) is 1. The van der Waals surface area contributed by atoms with Crippen molar-refractivity contribution in [1.82, 2.24) is 0 Å². The summed E-state index contributed by atoms with van der Waals surface area (Å²) in [7, 11) is 0. The molecule has 1 aliphatic heterocycles. The molecule has 3 N–H and O–H groups in total. The van der Waals surface area contributed by atoms with E-state index < -0.39 is 0 Å². The van der Waals surface area contributed by atoms with E-state index in [2.05, 4.69) is 64.5 Å². The van der Waals surface area contributed by atoms with Gasteiger partial charge in [0.15, 0.2) is 0 Å². The fraction of sp³-hybridized carbons (Fsp3) is 0.400. The average Bonchev–Trinajstić information content (AvgIpc) is 2.88. The summed E-state index contributed by atoms with van der Waals surface area (Å²) in [4.78, 5) is 0. The number of hydrogen-bond acceptors (Lipinski definition) is 4. The number of nitrogens with one attached hydrogen (secondary N) is 2. The van der Waals surface area contributed by atoms with E-state index in [1.54, 1.807) is 5.12 Å². The predicted molar refractivity (Wildman–Crippen MR) is 102 cm³/mol. The molecule has 0 saturated heterocycles. The van der Waals surface area contributed by atoms with Gasteiger partial charge in [-0.2, -0.15) is 5.12 Å². The third-order valence-electron chi connectivity index (χ3n) is 4.40. The molecule has 0 fully saturated rings. The molecule has 3 rings (SSSR count). The van der Waals surface area contributed by atoms with E-state index in [0.29, 0.717) is 5.75 Å². The summed E-state index contributed by atoms with van der Waals surface area (Å²) in [5.41, 5.74) is 11.3. The second-order valence-electron chi connectivity index (χ2n) is 8.50. The van der Waals surface area contributed by atoms with E-state index in [1.807, 2.05) is 24.3 Å². The Kier molecular flexibility index (Phi) is 3.67. The van der Waals surface area contributed by atoms with Crippen molar-refractivity contribution in [1.29, 1.82) is 0 Å². The van der Waals surface area contributed by atoms with Gasteiger partial charge in [0.05, 0.1) is 11.4 Å². The van der Waals surface area contributed by atoms with E-state index in [4.69, 9.17) is 0 Å². The van der Waals surface area contributed by atoms with Gasteiger partial charge in [-0.1, -0.05) is 59.7 Å². The first kappa shape index (κ1) is 16.5. The topological polar surface area (TPSA) is 47.5 Å². The number of anilines is 3. The van der Waals surface area contributed by atoms with Gasteiger partial charge in [-0.25, -0.2) is 0 Å². The van der Waals surface area contributed by atoms with Crippen LogP contribution in [-0.4, -0.2) is 5.11 Å². The van der Waals surface area contributed by atoms with Crippen LogP contribution in [0.15, 0.2) is 36.4 Å². The van der Waals surface area contributed by atoms with Crippen LogP contribution in [-0.2, 0) is 10.8 Å². The highest BCUT2D eigenvalue weighted by atomic mass is 16.3. The van der Waals surface area contributed by atoms with E-state index >= 15 is 0 Å². The van der Waals surface area contributed by atoms with Crippen LogP contribution in [0.2, 0.25) is 0 Å². The van der Waals surface area contributed by atoms with Gasteiger partial charge in [0.25, 0.3) is 0 Å². The summed E-state index contributed by atoms with van der Waals surface area (Å²) in [6.07, 6.45) is 0. The minimum absolute atomic E-state index is 0.00494. The number of hydrazine groups is 2. The molecule has 24 heavy (non-hydrogen) atoms. The molecule has 0 unspecified atom stereocenters. The standard InChI is InChI=1S/C20H27N3O/c1-19(2,3)13-11-14(20(4,5)6)18(24)17(12-13)23-21-15-9-7-8-10-16(15)22-23/h7-12,21-22,24H,1-6H3. The van der Waals surface area contributed by atoms with Crippen LogP contribution >= 0.6 is 0 Å². The minimum atomic E-state index is -0.146. The Morgan fingerprint density at radius 2 is 1.38 bits per heavy atom. The van der Waals surface area contributed by atoms with Crippen molar-refractivity contribution < 1.29 is 5.11 Å². The molecule has 0 amide bonds. The van der Waals surface area contributed by atoms with Crippen LogP contribution in [0.4, 0.5) is 17.1 Å². The number of hydrogen-bond donors (Lipinski definition) is 3. The maximum Gasteiger partial charge on any atom is 0.146 e. The first-order chi connectivity index (χ1) is 11.1. The lowest BCUT2D eigenvalue weighted by molar-refractivity contribution is 0.445. The van der Waals surface area contributed by atoms with E-state index in [-0.39, 0.29) is 10.8 Å². The molecule has 2 aromatic rings. The molecule has 2 aromatic carbocycles. The minimum Gasteiger partial charge on any atom is -0.505 e. The lowest BCUT2D eigenvalue weighted by Crippen LogP contribution is -2.30. The summed E-state index contributed by atoms with van der Waals surface area (Å²) in [6, 6.07) is 12.2. The van der Waals surface area contributed by atoms with Crippen molar-refractivity contribution in [3.8, 4) is 5.75 Å². The summed E-state index contributed by atoms with van der Waals surface area (Å²) in [5, 5.41) is 12.7. The fourth-order valence-corrected chi connectivity index (χ4v) is 2.86. The maximum absolute atomic E-state index is 10.9. The second kappa shape index (κ2) is 5.33. The highest BCUT2D eigenvalue weighted by Crippen LogP contribution is 2.43. The van der Waals surface area contributed by atoms with Crippen molar-refractivity contribution in [2.24, 2.45) is 0 Å². The van der Waals surface area contributed by atoms with Crippen LogP contribution < -0.4 is 16.0 Å². The lowest BCUT2D eigenvalue weighted by Gasteiger charge is -2.30. The van der Waals surface area contributed by atoms with E-state index in [0.717, 1.165) is 22.6 Å². The fourth-order valence-electron chi connectivity index (χ4n) is 2.86. The number of para-hydroxylation sites is 2. The van der Waals surface area contributed by atoms with Gasteiger partial charge in [-0.15, -0.1) is 0 Å². The highest BCUT2D eigenvalue weighted by Gasteiger charge is 2.28. The van der Waals surface area contributed by atoms with Gasteiger partial charge >= 0.3 is 0 Å². The number of fused-ring (bicyclic) bond motifs is 1. The Bertz CT molecular complexity index is 744. The maximum atomic E-state index is 10.9. The van der Waals surface area contributed by atoms with Gasteiger partial charge in [-0.3, -0.25) is 10.9 Å². The summed E-state index contributed by atoms with van der Waals surface area (Å²) < 4.78 is 0. The van der Waals surface area contributed by atoms with Gasteiger partial charge in [0.1, 0.15) is 11.4 Å². The predicted octanol–water partition coefficient (Wildman–Crippen LogP) is 5.16. The smallest absolute Gasteiger partial charge is 0.146 e. The number of aromatic hydroxyl groups is 1. The first-order valence-electron chi connectivity index (χ1n) is 8.38. The highest BCUT2D eigenvalue weighted by molar-refractivity contribution is 5.81. The van der Waals surface area contributed by atoms with Crippen molar-refractivity contribution >= 4 is 17.1 Å². The van der Waals surface area contributed by atoms with Gasteiger partial charge in [-0.05, 0) is 34.6 Å². The van der Waals surface area contributed by atoms with Gasteiger partial charge in [0, 0.05) is 5.56 Å². The molecule has 0 radical (unpaired) electrons. The molecule has 0 spiro atoms. The van der Waals surface area contributed by atoms with Crippen LogP contribution in [0.5, 0.6) is 5.75 Å². The van der Waals surface area contributed by atoms with Gasteiger partial charge < -0.3 is 5.11 Å². The zero-order valence-electron chi connectivity index (χ0n) is 15.4. The normalized spacial score (nSPS) is 14.2. The molecule has 4 heteroatoms. The van der Waals surface area contributed by atoms with Crippen molar-refractivity contribution in [2.45, 2.75) is 52.4 Å². The average molecular weight is 325 g/mol. The number of benzene rings is 2. The van der Waals surface area contributed by atoms with Crippen LogP contribution in [0.25, 0.3) is 0 Å². The Balaban J connectivity index is 2.11. The quantitative estimate of drug-likeness (QED) is 0.677. The summed E-state index contributed by atoms with van der Waals surface area (Å²) >= 11 is 0. The largest absolute Gasteiger partial charge is 0.505 e. The zero-order chi connectivity index (χ0) is 17.7. The number of phenols is 1. The zero-order valence-corrected chi connectivity index (χ0v) is 15.4. The first-order valence-corrected chi connectivity index (χ1v) is 8.38. The Labute approximate surface area is 144 Å². The molecule has 1 aliphatic rings. The van der Waals surface area contributed by atoms with Crippen LogP contribution in [0.1, 0.15) is 52.7 Å². The molecular weight excluding hydrogens is 298 g/mol. The Hall–Kier alpha value is -2.36. The molecule has 0 atom stereocenters. The Morgan fingerprint density at radius 1 is 0.833 bits per heavy atom. The van der Waals surface area contributed by atoms with Crippen molar-refractivity contribution in [2.75, 3.05) is 16.0 Å². The van der Waals surface area contributed by atoms with Crippen LogP contribution in [0, 0.1) is 0 Å². The number of phenolic OH excluding ortho intramolecular Hbond substituents is 1. The SMILES string of the molecule is CC(C)(C)c1cc(N2Nc3ccccc3N2)c(O)c(C(C)(C)C)c1. The molecule has 1 heterocycles. The Morgan fingerprint density at radius 3 is 1.83 bits per heavy atom. The third-order valence-corrected chi connectivity index (χ3v) is 4.40. The molecule has 0 saturated carbocycles. The second-order valence-corrected chi connectivity index (χ2v) is 8.50. The third kappa shape index (κ3) is 2.88. The van der Waals surface area contributed by atoms with E-state index in [1.165, 1.54) is 5.56 Å². The molecule has 4 nitrogen and oxygen atoms in total. The molecule has 0 bridgehead atoms. The molecule has 128 valence electrons. The lowest BCUT2D eigenvalue weighted by atomic mass is 9.79. The molecular formula is C20H27N3O. The molecule has 0 aromatic heterocycles. The van der Waals surface area contributed by atoms with Crippen LogP contribution in [0.3, 0.4) is 0 Å². The summed E-state index contributed by atoms with van der Waals surface area (Å²) in [5.74, 6) is 0.309.